The fourth-order valence-corrected chi connectivity index (χ4v) is 10.6. The Morgan fingerprint density at radius 1 is 0.770 bits per heavy atom. The van der Waals surface area contributed by atoms with Gasteiger partial charge in [0, 0.05) is 24.4 Å². The summed E-state index contributed by atoms with van der Waals surface area (Å²) < 4.78 is 40.6. The van der Waals surface area contributed by atoms with Gasteiger partial charge in [0.1, 0.15) is 0 Å². The van der Waals surface area contributed by atoms with Crippen LogP contribution in [0.5, 0.6) is 0 Å². The molecule has 0 spiro atoms. The number of aromatic nitrogens is 1. The fourth-order valence-electron chi connectivity index (χ4n) is 9.21. The summed E-state index contributed by atoms with van der Waals surface area (Å²) in [7, 11) is -1.80. The van der Waals surface area contributed by atoms with E-state index in [2.05, 4.69) is 171 Å². The van der Waals surface area contributed by atoms with Crippen LogP contribution in [0.4, 0.5) is 17.1 Å². The Hall–Kier alpha value is -5.06. The van der Waals surface area contributed by atoms with Crippen LogP contribution < -0.4 is 10.1 Å². The second-order valence-corrected chi connectivity index (χ2v) is 23.0. The quantitative estimate of drug-likeness (QED) is 0.118. The molecule has 7 aromatic rings. The monoisotopic (exact) mass is 996 g/mol. The Morgan fingerprint density at radius 2 is 1.49 bits per heavy atom. The third kappa shape index (κ3) is 8.71. The number of benzene rings is 6. The molecule has 3 nitrogen and oxygen atoms in total. The molecule has 61 heavy (non-hydrogen) atoms. The number of anilines is 2. The number of aryl methyl sites for hydroxylation is 1. The van der Waals surface area contributed by atoms with Crippen molar-refractivity contribution < 1.29 is 27.0 Å². The number of pyridine rings is 1. The average Bonchev–Trinajstić information content (AvgIpc) is 3.81. The van der Waals surface area contributed by atoms with Gasteiger partial charge in [0.05, 0.1) is 8.07 Å². The molecule has 308 valence electrons. The second-order valence-electron chi connectivity index (χ2n) is 18.0. The van der Waals surface area contributed by atoms with E-state index in [0.717, 1.165) is 59.1 Å². The van der Waals surface area contributed by atoms with Gasteiger partial charge in [-0.3, -0.25) is 0 Å². The third-order valence-corrected chi connectivity index (χ3v) is 14.5. The van der Waals surface area contributed by atoms with Crippen molar-refractivity contribution >= 4 is 30.3 Å². The molecule has 0 saturated heterocycles. The molecule has 3 aliphatic rings. The molecule has 1 aliphatic heterocycles. The van der Waals surface area contributed by atoms with Crippen LogP contribution in [0.3, 0.4) is 0 Å². The van der Waals surface area contributed by atoms with Crippen LogP contribution >= 0.6 is 0 Å². The maximum absolute atomic E-state index is 9.03. The zero-order chi connectivity index (χ0) is 45.7. The van der Waals surface area contributed by atoms with Gasteiger partial charge in [-0.15, -0.1) is 52.2 Å². The van der Waals surface area contributed by atoms with Crippen LogP contribution in [0, 0.1) is 24.9 Å². The van der Waals surface area contributed by atoms with Crippen LogP contribution in [0.2, 0.25) is 19.6 Å². The van der Waals surface area contributed by atoms with Crippen molar-refractivity contribution in [2.45, 2.75) is 90.4 Å². The summed E-state index contributed by atoms with van der Waals surface area (Å²) in [5.74, 6) is 0.0310. The molecule has 0 amide bonds. The van der Waals surface area contributed by atoms with Crippen LogP contribution in [0.1, 0.15) is 86.8 Å². The van der Waals surface area contributed by atoms with Crippen LogP contribution in [-0.2, 0) is 31.9 Å². The van der Waals surface area contributed by atoms with E-state index in [0.29, 0.717) is 11.3 Å². The van der Waals surface area contributed by atoms with E-state index in [-0.39, 0.29) is 43.2 Å². The van der Waals surface area contributed by atoms with Crippen molar-refractivity contribution in [2.75, 3.05) is 4.90 Å². The van der Waals surface area contributed by atoms with E-state index >= 15 is 0 Å². The summed E-state index contributed by atoms with van der Waals surface area (Å²) in [6.45, 7) is 9.13. The summed E-state index contributed by atoms with van der Waals surface area (Å²) in [5.41, 5.74) is 14.5. The molecular formula is C56H56IrN3Si. The van der Waals surface area contributed by atoms with Gasteiger partial charge in [-0.2, -0.15) is 23.8 Å². The van der Waals surface area contributed by atoms with E-state index in [4.69, 9.17) is 12.2 Å². The Bertz CT molecular complexity index is 2810. The van der Waals surface area contributed by atoms with Crippen molar-refractivity contribution in [2.24, 2.45) is 5.92 Å². The van der Waals surface area contributed by atoms with Gasteiger partial charge >= 0.3 is 20.1 Å². The SMILES string of the molecule is CC1(C)c2c[c-]c(C3[N-]c4ccccc4N3c3ccc(-c4ccccc4)cc3)cc2-c2ccccc21.[2H]C([2H])([2H])c1c[c-]c(-c2cc(C([2H])([2H])C3CCCCC3)c([Si](C)(C)C)cn2)cc1.[Ir+3]. The molecule has 0 radical (unpaired) electrons. The van der Waals surface area contributed by atoms with E-state index in [1.54, 1.807) is 12.1 Å². The van der Waals surface area contributed by atoms with E-state index < -0.39 is 21.3 Å². The molecule has 0 N–H and O–H groups in total. The molecule has 1 fully saturated rings. The standard InChI is InChI=1S/C34H26N2.C22H30NSi.Ir/c1-34(2)29-13-7-6-12-27(29)28-22-25(18-21-30(28)34)33-35-31-14-8-9-15-32(31)36(33)26-19-16-24(17-20-26)23-10-4-3-5-11-23;1-17-10-12-19(13-11-17)21-15-20(14-18-8-6-5-7-9-18)22(16-23-21)24(2,3)4;/h3-17,19-22,33H,1-2H3;10-12,15-16,18H,5-9,14H2,1-4H3;/q-2;-1;+3/i;1D3,14D2;. The van der Waals surface area contributed by atoms with Gasteiger partial charge in [0.25, 0.3) is 0 Å². The maximum atomic E-state index is 9.03. The first-order valence-electron chi connectivity index (χ1n) is 24.0. The van der Waals surface area contributed by atoms with Gasteiger partial charge in [0.2, 0.25) is 0 Å². The van der Waals surface area contributed by atoms with Gasteiger partial charge < -0.3 is 15.2 Å². The summed E-state index contributed by atoms with van der Waals surface area (Å²) in [5, 5.41) is 6.24. The molecule has 10 rings (SSSR count). The zero-order valence-electron chi connectivity index (χ0n) is 40.7. The molecule has 2 aliphatic carbocycles. The van der Waals surface area contributed by atoms with Crippen molar-refractivity contribution in [1.29, 1.82) is 0 Å². The Labute approximate surface area is 386 Å². The number of nitrogens with zero attached hydrogens (tertiary/aromatic N) is 3. The number of hydrogen-bond acceptors (Lipinski definition) is 2. The first kappa shape index (κ1) is 36.6. The topological polar surface area (TPSA) is 30.2 Å². The normalized spacial score (nSPS) is 18.0. The predicted octanol–water partition coefficient (Wildman–Crippen LogP) is 14.8. The van der Waals surface area contributed by atoms with E-state index in [1.807, 2.05) is 12.3 Å². The minimum atomic E-state index is -2.16. The number of rotatable bonds is 7. The minimum absolute atomic E-state index is 0. The average molecular weight is 996 g/mol. The van der Waals surface area contributed by atoms with Crippen LogP contribution in [0.25, 0.3) is 38.8 Å². The van der Waals surface area contributed by atoms with Gasteiger partial charge in [-0.1, -0.05) is 169 Å². The molecule has 5 heteroatoms. The first-order chi connectivity index (χ1) is 31.0. The Kier molecular flexibility index (Phi) is 10.6. The molecule has 1 aromatic heterocycles. The van der Waals surface area contributed by atoms with Gasteiger partial charge in [-0.25, -0.2) is 0 Å². The molecule has 6 aromatic carbocycles. The van der Waals surface area contributed by atoms with Crippen LogP contribution in [0.15, 0.2) is 146 Å². The number of hydrogen-bond donors (Lipinski definition) is 0. The molecule has 0 bridgehead atoms. The zero-order valence-corrected chi connectivity index (χ0v) is 39.1. The number of fused-ring (bicyclic) bond motifs is 4. The summed E-state index contributed by atoms with van der Waals surface area (Å²) in [6.07, 6.45) is 5.52. The first-order valence-corrected chi connectivity index (χ1v) is 25.0. The maximum Gasteiger partial charge on any atom is 3.00 e. The van der Waals surface area contributed by atoms with Crippen molar-refractivity contribution in [1.82, 2.24) is 4.98 Å². The van der Waals surface area contributed by atoms with Crippen molar-refractivity contribution in [3.8, 4) is 33.5 Å². The summed E-state index contributed by atoms with van der Waals surface area (Å²) in [6, 6.07) is 54.4. The predicted molar refractivity (Wildman–Crippen MR) is 256 cm³/mol. The van der Waals surface area contributed by atoms with Crippen LogP contribution in [-0.4, -0.2) is 13.1 Å². The molecule has 1 saturated carbocycles. The molecule has 2 heterocycles. The fraction of sp³-hybridized carbons (Fsp3) is 0.268. The minimum Gasteiger partial charge on any atom is -0.661 e. The van der Waals surface area contributed by atoms with Crippen molar-refractivity contribution in [3.63, 3.8) is 0 Å². The molecule has 1 unspecified atom stereocenters. The number of para-hydroxylation sites is 2. The van der Waals surface area contributed by atoms with Crippen molar-refractivity contribution in [3.05, 3.63) is 191 Å². The summed E-state index contributed by atoms with van der Waals surface area (Å²) in [4.78, 5) is 6.96. The molecular weight excluding hydrogens is 935 g/mol. The summed E-state index contributed by atoms with van der Waals surface area (Å²) >= 11 is 0. The van der Waals surface area contributed by atoms with E-state index in [1.165, 1.54) is 45.9 Å². The Morgan fingerprint density at radius 3 is 2.23 bits per heavy atom. The largest absolute Gasteiger partial charge is 3.00 e. The third-order valence-electron chi connectivity index (χ3n) is 12.5. The van der Waals surface area contributed by atoms with E-state index in [9.17, 15) is 0 Å². The molecule has 1 atom stereocenters. The Balaban J connectivity index is 0.000000182. The van der Waals surface area contributed by atoms with Gasteiger partial charge in [0.15, 0.2) is 0 Å². The smallest absolute Gasteiger partial charge is 0.661 e. The van der Waals surface area contributed by atoms with Gasteiger partial charge in [-0.05, 0) is 75.2 Å². The second kappa shape index (κ2) is 17.7.